The van der Waals surface area contributed by atoms with Crippen molar-refractivity contribution in [2.75, 3.05) is 6.61 Å². The van der Waals surface area contributed by atoms with E-state index in [0.717, 1.165) is 16.6 Å². The maximum atomic E-state index is 13.6. The third-order valence-corrected chi connectivity index (χ3v) is 4.92. The van der Waals surface area contributed by atoms with E-state index in [9.17, 15) is 8.78 Å². The highest BCUT2D eigenvalue weighted by atomic mass is 32.1. The lowest BCUT2D eigenvalue weighted by Gasteiger charge is -2.27. The molecule has 3 aromatic rings. The number of aromatic nitrogens is 3. The van der Waals surface area contributed by atoms with Gasteiger partial charge in [0.1, 0.15) is 30.1 Å². The molecule has 0 saturated carbocycles. The second-order valence-corrected chi connectivity index (χ2v) is 8.19. The molecule has 0 aromatic carbocycles. The fourth-order valence-corrected chi connectivity index (χ4v) is 3.92. The number of pyridine rings is 1. The predicted molar refractivity (Wildman–Crippen MR) is 103 cm³/mol. The van der Waals surface area contributed by atoms with Crippen LogP contribution in [0.2, 0.25) is 0 Å². The van der Waals surface area contributed by atoms with Crippen LogP contribution in [0.5, 0.6) is 5.75 Å². The summed E-state index contributed by atoms with van der Waals surface area (Å²) in [4.78, 5) is 12.5. The molecule has 144 valence electrons. The van der Waals surface area contributed by atoms with Crippen LogP contribution < -0.4 is 10.5 Å². The number of hydrogen-bond donors (Lipinski definition) is 1. The molecule has 8 heteroatoms. The number of fused-ring (bicyclic) bond motifs is 1. The topological polar surface area (TPSA) is 73.9 Å². The molecular weight excluding hydrogens is 370 g/mol. The molecule has 5 nitrogen and oxygen atoms in total. The third kappa shape index (κ3) is 4.56. The Hall–Kier alpha value is -2.19. The van der Waals surface area contributed by atoms with Crippen molar-refractivity contribution in [2.45, 2.75) is 39.2 Å². The summed E-state index contributed by atoms with van der Waals surface area (Å²) in [7, 11) is 0. The fourth-order valence-electron chi connectivity index (χ4n) is 3.08. The van der Waals surface area contributed by atoms with E-state index in [0.29, 0.717) is 17.3 Å². The summed E-state index contributed by atoms with van der Waals surface area (Å²) >= 11 is 1.45. The minimum absolute atomic E-state index is 0.0469. The van der Waals surface area contributed by atoms with Gasteiger partial charge in [-0.05, 0) is 42.8 Å². The average Bonchev–Trinajstić information content (AvgIpc) is 3.07. The molecule has 27 heavy (non-hydrogen) atoms. The van der Waals surface area contributed by atoms with Gasteiger partial charge < -0.3 is 10.5 Å². The standard InChI is InChI=1S/C19H22F2N4OS/c1-11(2)8-19(3,22)9-26-14-5-4-12(25-16(14)18(20)21)15-17-13(6-7-27-17)23-10-24-15/h4-7,10-11,18H,8-9,22H2,1-3H3/t19-/m0/s1. The number of nitrogens with zero attached hydrogens (tertiary/aromatic N) is 3. The SMILES string of the molecule is CC(C)C[C@](C)(N)COc1ccc(-c2ncnc3ccsc23)nc1C(F)F. The monoisotopic (exact) mass is 392 g/mol. The van der Waals surface area contributed by atoms with Crippen LogP contribution in [0.3, 0.4) is 0 Å². The first-order valence-corrected chi connectivity index (χ1v) is 9.54. The minimum Gasteiger partial charge on any atom is -0.490 e. The molecule has 0 aliphatic carbocycles. The Bertz CT molecular complexity index is 927. The van der Waals surface area contributed by atoms with Crippen molar-refractivity contribution in [3.05, 3.63) is 35.6 Å². The third-order valence-electron chi connectivity index (χ3n) is 4.01. The first kappa shape index (κ1) is 19.6. The van der Waals surface area contributed by atoms with Gasteiger partial charge in [0.05, 0.1) is 15.9 Å². The molecule has 3 heterocycles. The number of alkyl halides is 2. The number of ether oxygens (including phenoxy) is 1. The second-order valence-electron chi connectivity index (χ2n) is 7.28. The van der Waals surface area contributed by atoms with Gasteiger partial charge in [0.2, 0.25) is 0 Å². The van der Waals surface area contributed by atoms with Crippen LogP contribution in [0.4, 0.5) is 8.78 Å². The van der Waals surface area contributed by atoms with E-state index in [1.54, 1.807) is 6.07 Å². The zero-order valence-electron chi connectivity index (χ0n) is 15.4. The predicted octanol–water partition coefficient (Wildman–Crippen LogP) is 4.83. The van der Waals surface area contributed by atoms with E-state index in [2.05, 4.69) is 28.8 Å². The normalized spacial score (nSPS) is 14.1. The van der Waals surface area contributed by atoms with Crippen molar-refractivity contribution >= 4 is 21.6 Å². The summed E-state index contributed by atoms with van der Waals surface area (Å²) < 4.78 is 33.6. The fraction of sp³-hybridized carbons (Fsp3) is 0.421. The molecule has 0 saturated heterocycles. The van der Waals surface area contributed by atoms with E-state index >= 15 is 0 Å². The Labute approximate surface area is 160 Å². The molecule has 0 bridgehead atoms. The average molecular weight is 392 g/mol. The Kier molecular flexibility index (Phi) is 5.67. The van der Waals surface area contributed by atoms with Gasteiger partial charge in [-0.1, -0.05) is 13.8 Å². The lowest BCUT2D eigenvalue weighted by Crippen LogP contribution is -2.43. The smallest absolute Gasteiger partial charge is 0.284 e. The van der Waals surface area contributed by atoms with Crippen LogP contribution in [0.1, 0.15) is 39.3 Å². The number of hydrogen-bond acceptors (Lipinski definition) is 6. The van der Waals surface area contributed by atoms with Gasteiger partial charge in [0, 0.05) is 5.54 Å². The van der Waals surface area contributed by atoms with Crippen molar-refractivity contribution < 1.29 is 13.5 Å². The van der Waals surface area contributed by atoms with Gasteiger partial charge in [-0.3, -0.25) is 0 Å². The van der Waals surface area contributed by atoms with E-state index in [1.807, 2.05) is 18.4 Å². The van der Waals surface area contributed by atoms with Crippen molar-refractivity contribution in [2.24, 2.45) is 11.7 Å². The van der Waals surface area contributed by atoms with Gasteiger partial charge >= 0.3 is 0 Å². The summed E-state index contributed by atoms with van der Waals surface area (Å²) in [6, 6.07) is 5.00. The summed E-state index contributed by atoms with van der Waals surface area (Å²) in [6.45, 7) is 6.10. The Morgan fingerprint density at radius 3 is 2.70 bits per heavy atom. The highest BCUT2D eigenvalue weighted by Gasteiger charge is 2.24. The van der Waals surface area contributed by atoms with Gasteiger partial charge in [0.15, 0.2) is 0 Å². The number of nitrogens with two attached hydrogens (primary N) is 1. The minimum atomic E-state index is -2.77. The molecule has 3 aromatic heterocycles. The molecule has 0 radical (unpaired) electrons. The van der Waals surface area contributed by atoms with E-state index < -0.39 is 17.7 Å². The van der Waals surface area contributed by atoms with Crippen LogP contribution in [-0.4, -0.2) is 27.1 Å². The van der Waals surface area contributed by atoms with Gasteiger partial charge in [-0.2, -0.15) is 0 Å². The van der Waals surface area contributed by atoms with Crippen LogP contribution in [0.25, 0.3) is 21.6 Å². The zero-order valence-corrected chi connectivity index (χ0v) is 16.3. The van der Waals surface area contributed by atoms with Crippen molar-refractivity contribution in [3.63, 3.8) is 0 Å². The first-order valence-electron chi connectivity index (χ1n) is 8.66. The van der Waals surface area contributed by atoms with Crippen LogP contribution >= 0.6 is 11.3 Å². The number of rotatable bonds is 7. The van der Waals surface area contributed by atoms with Crippen molar-refractivity contribution in [1.29, 1.82) is 0 Å². The Morgan fingerprint density at radius 1 is 1.22 bits per heavy atom. The van der Waals surface area contributed by atoms with Crippen LogP contribution in [-0.2, 0) is 0 Å². The quantitative estimate of drug-likeness (QED) is 0.623. The van der Waals surface area contributed by atoms with E-state index in [1.165, 1.54) is 23.7 Å². The molecule has 3 rings (SSSR count). The largest absolute Gasteiger partial charge is 0.490 e. The highest BCUT2D eigenvalue weighted by molar-refractivity contribution is 7.17. The maximum Gasteiger partial charge on any atom is 0.284 e. The summed E-state index contributed by atoms with van der Waals surface area (Å²) in [5.74, 6) is 0.426. The summed E-state index contributed by atoms with van der Waals surface area (Å²) in [6.07, 6.45) is -0.640. The van der Waals surface area contributed by atoms with E-state index in [-0.39, 0.29) is 12.4 Å². The van der Waals surface area contributed by atoms with Gasteiger partial charge in [0.25, 0.3) is 6.43 Å². The molecule has 0 spiro atoms. The number of halogens is 2. The van der Waals surface area contributed by atoms with E-state index in [4.69, 9.17) is 10.5 Å². The molecule has 0 amide bonds. The van der Waals surface area contributed by atoms with Crippen LogP contribution in [0, 0.1) is 5.92 Å². The molecule has 0 unspecified atom stereocenters. The lowest BCUT2D eigenvalue weighted by molar-refractivity contribution is 0.134. The molecule has 0 aliphatic heterocycles. The molecule has 0 fully saturated rings. The molecular formula is C19H22F2N4OS. The van der Waals surface area contributed by atoms with Gasteiger partial charge in [-0.25, -0.2) is 23.7 Å². The summed E-state index contributed by atoms with van der Waals surface area (Å²) in [5, 5.41) is 1.88. The highest BCUT2D eigenvalue weighted by Crippen LogP contribution is 2.33. The van der Waals surface area contributed by atoms with Crippen molar-refractivity contribution in [3.8, 4) is 17.1 Å². The summed E-state index contributed by atoms with van der Waals surface area (Å²) in [5.41, 5.74) is 6.86. The van der Waals surface area contributed by atoms with Gasteiger partial charge in [-0.15, -0.1) is 11.3 Å². The molecule has 0 aliphatic rings. The maximum absolute atomic E-state index is 13.6. The zero-order chi connectivity index (χ0) is 19.6. The molecule has 2 N–H and O–H groups in total. The van der Waals surface area contributed by atoms with Crippen molar-refractivity contribution in [1.82, 2.24) is 15.0 Å². The number of thiophene rings is 1. The lowest BCUT2D eigenvalue weighted by atomic mass is 9.93. The van der Waals surface area contributed by atoms with Crippen LogP contribution in [0.15, 0.2) is 29.9 Å². The first-order chi connectivity index (χ1) is 12.8. The Balaban J connectivity index is 1.91. The molecule has 1 atom stereocenters. The second kappa shape index (κ2) is 7.82. The Morgan fingerprint density at radius 2 is 2.00 bits per heavy atom.